The van der Waals surface area contributed by atoms with E-state index in [0.717, 1.165) is 12.1 Å². The van der Waals surface area contributed by atoms with E-state index in [4.69, 9.17) is 4.74 Å². The van der Waals surface area contributed by atoms with Crippen LogP contribution in [-0.4, -0.2) is 18.3 Å². The summed E-state index contributed by atoms with van der Waals surface area (Å²) in [5.41, 5.74) is 1.40. The zero-order valence-corrected chi connectivity index (χ0v) is 14.1. The van der Waals surface area contributed by atoms with Gasteiger partial charge in [0.25, 0.3) is 5.91 Å². The number of hydrogen-bond donors (Lipinski definition) is 1. The van der Waals surface area contributed by atoms with Gasteiger partial charge in [0.15, 0.2) is 24.0 Å². The van der Waals surface area contributed by atoms with E-state index in [1.807, 2.05) is 6.07 Å². The Morgan fingerprint density at radius 2 is 1.56 bits per heavy atom. The van der Waals surface area contributed by atoms with Crippen LogP contribution in [0.15, 0.2) is 72.8 Å². The quantitative estimate of drug-likeness (QED) is 0.654. The van der Waals surface area contributed by atoms with Crippen molar-refractivity contribution in [2.75, 3.05) is 11.9 Å². The number of carbonyl (C=O) groups is 2. The maximum Gasteiger partial charge on any atom is 0.255 e. The molecule has 3 aromatic rings. The maximum absolute atomic E-state index is 13.5. The van der Waals surface area contributed by atoms with Crippen molar-refractivity contribution in [2.24, 2.45) is 0 Å². The summed E-state index contributed by atoms with van der Waals surface area (Å²) in [5, 5.41) is 2.73. The van der Waals surface area contributed by atoms with Gasteiger partial charge in [-0.3, -0.25) is 9.59 Å². The number of hydrogen-bond acceptors (Lipinski definition) is 3. The van der Waals surface area contributed by atoms with Crippen LogP contribution in [0.1, 0.15) is 20.7 Å². The van der Waals surface area contributed by atoms with E-state index >= 15 is 0 Å². The van der Waals surface area contributed by atoms with E-state index < -0.39 is 18.2 Å². The minimum atomic E-state index is -0.873. The van der Waals surface area contributed by atoms with Gasteiger partial charge < -0.3 is 10.1 Å². The number of anilines is 1. The van der Waals surface area contributed by atoms with Crippen molar-refractivity contribution in [3.63, 3.8) is 0 Å². The topological polar surface area (TPSA) is 55.4 Å². The normalized spacial score (nSPS) is 10.3. The average molecular weight is 367 g/mol. The molecule has 0 radical (unpaired) electrons. The van der Waals surface area contributed by atoms with Crippen molar-refractivity contribution >= 4 is 17.4 Å². The summed E-state index contributed by atoms with van der Waals surface area (Å²) < 4.78 is 31.5. The van der Waals surface area contributed by atoms with Crippen LogP contribution < -0.4 is 10.1 Å². The minimum absolute atomic E-state index is 0.198. The number of halogens is 2. The lowest BCUT2D eigenvalue weighted by Crippen LogP contribution is -2.13. The fourth-order valence-electron chi connectivity index (χ4n) is 2.35. The Morgan fingerprint density at radius 3 is 2.22 bits per heavy atom. The number of Topliss-reactive ketones (excluding diaryl/α,β-unsaturated/α-hetero) is 1. The summed E-state index contributed by atoms with van der Waals surface area (Å²) in [6, 6.07) is 17.8. The first kappa shape index (κ1) is 18.3. The zero-order chi connectivity index (χ0) is 19.2. The van der Waals surface area contributed by atoms with Crippen LogP contribution in [0.5, 0.6) is 5.75 Å². The molecule has 0 aromatic heterocycles. The standard InChI is InChI=1S/C21H15F2NO3/c22-16-8-11-20(18(23)12-16)27-13-19(25)14-6-9-17(10-7-14)24-21(26)15-4-2-1-3-5-15/h1-12H,13H2,(H,24,26). The van der Waals surface area contributed by atoms with Crippen molar-refractivity contribution in [1.82, 2.24) is 0 Å². The van der Waals surface area contributed by atoms with Crippen LogP contribution in [0.25, 0.3) is 0 Å². The smallest absolute Gasteiger partial charge is 0.255 e. The Bertz CT molecular complexity index is 957. The Balaban J connectivity index is 1.59. The third-order valence-corrected chi connectivity index (χ3v) is 3.75. The summed E-state index contributed by atoms with van der Waals surface area (Å²) >= 11 is 0. The second-order valence-electron chi connectivity index (χ2n) is 5.68. The lowest BCUT2D eigenvalue weighted by atomic mass is 10.1. The van der Waals surface area contributed by atoms with Crippen LogP contribution in [0.4, 0.5) is 14.5 Å². The van der Waals surface area contributed by atoms with Gasteiger partial charge in [0.05, 0.1) is 0 Å². The third-order valence-electron chi connectivity index (χ3n) is 3.75. The largest absolute Gasteiger partial charge is 0.482 e. The van der Waals surface area contributed by atoms with Gasteiger partial charge >= 0.3 is 0 Å². The van der Waals surface area contributed by atoms with Gasteiger partial charge in [-0.2, -0.15) is 0 Å². The van der Waals surface area contributed by atoms with Crippen molar-refractivity contribution in [3.8, 4) is 5.75 Å². The minimum Gasteiger partial charge on any atom is -0.482 e. The molecule has 4 nitrogen and oxygen atoms in total. The van der Waals surface area contributed by atoms with E-state index in [-0.39, 0.29) is 17.4 Å². The highest BCUT2D eigenvalue weighted by molar-refractivity contribution is 6.04. The molecule has 27 heavy (non-hydrogen) atoms. The molecule has 0 saturated heterocycles. The molecule has 0 bridgehead atoms. The molecule has 0 atom stereocenters. The van der Waals surface area contributed by atoms with E-state index in [9.17, 15) is 18.4 Å². The Hall–Kier alpha value is -3.54. The van der Waals surface area contributed by atoms with Gasteiger partial charge in [-0.05, 0) is 48.5 Å². The Labute approximate surface area is 154 Å². The molecule has 0 fully saturated rings. The number of nitrogens with one attached hydrogen (secondary N) is 1. The number of ether oxygens (including phenoxy) is 1. The fourth-order valence-corrected chi connectivity index (χ4v) is 2.35. The fraction of sp³-hybridized carbons (Fsp3) is 0.0476. The Kier molecular flexibility index (Phi) is 5.56. The molecule has 6 heteroatoms. The molecule has 136 valence electrons. The summed E-state index contributed by atoms with van der Waals surface area (Å²) in [5.74, 6) is -2.43. The van der Waals surface area contributed by atoms with Gasteiger partial charge in [-0.25, -0.2) is 8.78 Å². The summed E-state index contributed by atoms with van der Waals surface area (Å²) in [6.45, 7) is -0.391. The predicted octanol–water partition coefficient (Wildman–Crippen LogP) is 4.48. The summed E-state index contributed by atoms with van der Waals surface area (Å²) in [7, 11) is 0. The highest BCUT2D eigenvalue weighted by Crippen LogP contribution is 2.18. The van der Waals surface area contributed by atoms with Crippen molar-refractivity contribution in [1.29, 1.82) is 0 Å². The highest BCUT2D eigenvalue weighted by atomic mass is 19.1. The summed E-state index contributed by atoms with van der Waals surface area (Å²) in [6.07, 6.45) is 0. The van der Waals surface area contributed by atoms with E-state index in [1.54, 1.807) is 36.4 Å². The van der Waals surface area contributed by atoms with Crippen LogP contribution in [-0.2, 0) is 0 Å². The second-order valence-corrected chi connectivity index (χ2v) is 5.68. The molecular formula is C21H15F2NO3. The van der Waals surface area contributed by atoms with Gasteiger partial charge in [0.2, 0.25) is 0 Å². The zero-order valence-electron chi connectivity index (χ0n) is 14.1. The van der Waals surface area contributed by atoms with Crippen LogP contribution >= 0.6 is 0 Å². The lowest BCUT2D eigenvalue weighted by Gasteiger charge is -2.08. The maximum atomic E-state index is 13.5. The first-order chi connectivity index (χ1) is 13.0. The van der Waals surface area contributed by atoms with E-state index in [2.05, 4.69) is 5.32 Å². The number of amides is 1. The Morgan fingerprint density at radius 1 is 0.852 bits per heavy atom. The molecule has 1 amide bonds. The monoisotopic (exact) mass is 367 g/mol. The molecule has 0 spiro atoms. The van der Waals surface area contributed by atoms with Crippen molar-refractivity contribution < 1.29 is 23.1 Å². The number of ketones is 1. The SMILES string of the molecule is O=C(COc1ccc(F)cc1F)c1ccc(NC(=O)c2ccccc2)cc1. The molecular weight excluding hydrogens is 352 g/mol. The molecule has 1 N–H and O–H groups in total. The molecule has 0 heterocycles. The van der Waals surface area contributed by atoms with Crippen LogP contribution in [0, 0.1) is 11.6 Å². The first-order valence-electron chi connectivity index (χ1n) is 8.10. The van der Waals surface area contributed by atoms with Gasteiger partial charge in [0, 0.05) is 22.9 Å². The molecule has 0 unspecified atom stereocenters. The molecule has 3 aromatic carbocycles. The first-order valence-corrected chi connectivity index (χ1v) is 8.10. The molecule has 3 rings (SSSR count). The summed E-state index contributed by atoms with van der Waals surface area (Å²) in [4.78, 5) is 24.2. The van der Waals surface area contributed by atoms with Crippen molar-refractivity contribution in [3.05, 3.63) is 95.6 Å². The van der Waals surface area contributed by atoms with E-state index in [0.29, 0.717) is 22.9 Å². The molecule has 0 aliphatic rings. The second kappa shape index (κ2) is 8.23. The van der Waals surface area contributed by atoms with Gasteiger partial charge in [0.1, 0.15) is 5.82 Å². The van der Waals surface area contributed by atoms with Crippen LogP contribution in [0.2, 0.25) is 0 Å². The predicted molar refractivity (Wildman–Crippen MR) is 97.0 cm³/mol. The molecule has 0 saturated carbocycles. The van der Waals surface area contributed by atoms with Crippen molar-refractivity contribution in [2.45, 2.75) is 0 Å². The molecule has 0 aliphatic carbocycles. The average Bonchev–Trinajstić information content (AvgIpc) is 2.68. The van der Waals surface area contributed by atoms with Gasteiger partial charge in [-0.1, -0.05) is 18.2 Å². The van der Waals surface area contributed by atoms with Gasteiger partial charge in [-0.15, -0.1) is 0 Å². The molecule has 0 aliphatic heterocycles. The number of rotatable bonds is 6. The number of carbonyl (C=O) groups excluding carboxylic acids is 2. The van der Waals surface area contributed by atoms with E-state index in [1.165, 1.54) is 12.1 Å². The van der Waals surface area contributed by atoms with Crippen LogP contribution in [0.3, 0.4) is 0 Å². The third kappa shape index (κ3) is 4.76. The highest BCUT2D eigenvalue weighted by Gasteiger charge is 2.11. The number of benzene rings is 3. The lowest BCUT2D eigenvalue weighted by molar-refractivity contribution is 0.0918.